The summed E-state index contributed by atoms with van der Waals surface area (Å²) < 4.78 is 28.2. The van der Waals surface area contributed by atoms with Crippen LogP contribution in [-0.2, 0) is 9.84 Å². The zero-order chi connectivity index (χ0) is 16.3. The second-order valence-corrected chi connectivity index (χ2v) is 8.23. The van der Waals surface area contributed by atoms with E-state index in [1.807, 2.05) is 6.92 Å². The quantitative estimate of drug-likeness (QED) is 0.870. The Morgan fingerprint density at radius 2 is 2.00 bits per heavy atom. The zero-order valence-corrected chi connectivity index (χ0v) is 14.4. The average molecular weight is 366 g/mol. The largest absolute Gasteiger partial charge is 0.490 e. The predicted molar refractivity (Wildman–Crippen MR) is 86.8 cm³/mol. The van der Waals surface area contributed by atoms with Crippen molar-refractivity contribution in [2.24, 2.45) is 0 Å². The van der Waals surface area contributed by atoms with Crippen molar-refractivity contribution in [3.05, 3.63) is 27.7 Å². The van der Waals surface area contributed by atoms with Gasteiger partial charge in [0.1, 0.15) is 0 Å². The van der Waals surface area contributed by atoms with Crippen LogP contribution in [0, 0.1) is 0 Å². The molecule has 0 radical (unpaired) electrons. The Labute approximate surface area is 139 Å². The number of carbonyl (C=O) groups is 1. The molecule has 1 fully saturated rings. The number of nitrogens with one attached hydrogen (secondary N) is 1. The molecule has 2 rings (SSSR count). The van der Waals surface area contributed by atoms with Gasteiger partial charge in [-0.3, -0.25) is 4.79 Å². The maximum absolute atomic E-state index is 12.2. The predicted octanol–water partition coefficient (Wildman–Crippen LogP) is 2.70. The Morgan fingerprint density at radius 1 is 1.36 bits per heavy atom. The second-order valence-electron chi connectivity index (χ2n) is 5.19. The minimum Gasteiger partial charge on any atom is -0.490 e. The molecule has 1 heterocycles. The van der Waals surface area contributed by atoms with Crippen molar-refractivity contribution >= 4 is 38.9 Å². The van der Waals surface area contributed by atoms with E-state index in [9.17, 15) is 13.2 Å². The van der Waals surface area contributed by atoms with Crippen LogP contribution >= 0.6 is 23.2 Å². The van der Waals surface area contributed by atoms with Crippen LogP contribution < -0.4 is 10.1 Å². The highest BCUT2D eigenvalue weighted by molar-refractivity contribution is 7.91. The van der Waals surface area contributed by atoms with Crippen molar-refractivity contribution in [2.75, 3.05) is 18.1 Å². The third kappa shape index (κ3) is 4.27. The van der Waals surface area contributed by atoms with Gasteiger partial charge in [0.2, 0.25) is 0 Å². The lowest BCUT2D eigenvalue weighted by Crippen LogP contribution is -2.35. The number of amides is 1. The Hall–Kier alpha value is -0.980. The first-order chi connectivity index (χ1) is 10.3. The van der Waals surface area contributed by atoms with Crippen LogP contribution in [0.25, 0.3) is 0 Å². The van der Waals surface area contributed by atoms with Crippen LogP contribution in [0.5, 0.6) is 5.75 Å². The second kappa shape index (κ2) is 7.06. The van der Waals surface area contributed by atoms with E-state index >= 15 is 0 Å². The van der Waals surface area contributed by atoms with E-state index in [2.05, 4.69) is 5.32 Å². The topological polar surface area (TPSA) is 72.5 Å². The molecule has 1 aromatic carbocycles. The van der Waals surface area contributed by atoms with Crippen LogP contribution in [0.1, 0.15) is 30.1 Å². The van der Waals surface area contributed by atoms with Crippen molar-refractivity contribution in [3.63, 3.8) is 0 Å². The molecule has 1 aliphatic rings. The first-order valence-electron chi connectivity index (χ1n) is 6.95. The lowest BCUT2D eigenvalue weighted by molar-refractivity contribution is 0.0941. The highest BCUT2D eigenvalue weighted by Gasteiger charge is 2.29. The zero-order valence-electron chi connectivity index (χ0n) is 12.1. The number of hydrogen-bond donors (Lipinski definition) is 1. The summed E-state index contributed by atoms with van der Waals surface area (Å²) in [7, 11) is -3.04. The van der Waals surface area contributed by atoms with Crippen LogP contribution in [0.2, 0.25) is 10.0 Å². The van der Waals surface area contributed by atoms with Gasteiger partial charge in [0, 0.05) is 11.6 Å². The van der Waals surface area contributed by atoms with Gasteiger partial charge in [-0.25, -0.2) is 8.42 Å². The number of halogens is 2. The number of rotatable bonds is 5. The SMILES string of the molecule is CCCOc1c(Cl)cc(C(=O)N[C@@H]2CCS(=O)(=O)C2)cc1Cl. The van der Waals surface area contributed by atoms with Crippen molar-refractivity contribution in [1.29, 1.82) is 0 Å². The molecule has 5 nitrogen and oxygen atoms in total. The van der Waals surface area contributed by atoms with Crippen molar-refractivity contribution in [3.8, 4) is 5.75 Å². The molecule has 1 aliphatic heterocycles. The van der Waals surface area contributed by atoms with Gasteiger partial charge in [-0.05, 0) is 25.0 Å². The van der Waals surface area contributed by atoms with E-state index in [1.54, 1.807) is 0 Å². The van der Waals surface area contributed by atoms with Crippen molar-refractivity contribution < 1.29 is 17.9 Å². The molecule has 1 aromatic rings. The molecule has 0 unspecified atom stereocenters. The molecule has 22 heavy (non-hydrogen) atoms. The Balaban J connectivity index is 2.10. The Bertz CT molecular complexity index is 652. The van der Waals surface area contributed by atoms with E-state index in [1.165, 1.54) is 12.1 Å². The van der Waals surface area contributed by atoms with Gasteiger partial charge in [0.05, 0.1) is 28.2 Å². The first-order valence-corrected chi connectivity index (χ1v) is 9.53. The number of sulfone groups is 1. The number of hydrogen-bond acceptors (Lipinski definition) is 4. The molecule has 122 valence electrons. The molecule has 1 atom stereocenters. The van der Waals surface area contributed by atoms with Crippen LogP contribution in [0.3, 0.4) is 0 Å². The molecule has 0 bridgehead atoms. The van der Waals surface area contributed by atoms with Crippen LogP contribution in [0.4, 0.5) is 0 Å². The van der Waals surface area contributed by atoms with E-state index in [-0.39, 0.29) is 33.2 Å². The smallest absolute Gasteiger partial charge is 0.251 e. The molecule has 1 amide bonds. The fourth-order valence-corrected chi connectivity index (χ4v) is 4.48. The lowest BCUT2D eigenvalue weighted by atomic mass is 10.1. The number of ether oxygens (including phenoxy) is 1. The first kappa shape index (κ1) is 17.4. The summed E-state index contributed by atoms with van der Waals surface area (Å²) in [5.41, 5.74) is 0.281. The molecule has 8 heteroatoms. The minimum atomic E-state index is -3.04. The van der Waals surface area contributed by atoms with Gasteiger partial charge in [-0.1, -0.05) is 30.1 Å². The maximum Gasteiger partial charge on any atom is 0.251 e. The molecule has 1 N–H and O–H groups in total. The fourth-order valence-electron chi connectivity index (χ4n) is 2.21. The molecule has 0 saturated carbocycles. The van der Waals surface area contributed by atoms with Crippen LogP contribution in [-0.4, -0.2) is 38.5 Å². The fraction of sp³-hybridized carbons (Fsp3) is 0.500. The summed E-state index contributed by atoms with van der Waals surface area (Å²) >= 11 is 12.2. The Kier molecular flexibility index (Phi) is 5.58. The van der Waals surface area contributed by atoms with E-state index in [0.29, 0.717) is 18.8 Å². The molecular weight excluding hydrogens is 349 g/mol. The Morgan fingerprint density at radius 3 is 2.50 bits per heavy atom. The lowest BCUT2D eigenvalue weighted by Gasteiger charge is -2.13. The van der Waals surface area contributed by atoms with Crippen molar-refractivity contribution in [1.82, 2.24) is 5.32 Å². The highest BCUT2D eigenvalue weighted by Crippen LogP contribution is 2.34. The summed E-state index contributed by atoms with van der Waals surface area (Å²) in [5.74, 6) is 0.0272. The average Bonchev–Trinajstić information content (AvgIpc) is 2.76. The molecule has 0 spiro atoms. The minimum absolute atomic E-state index is 0.0299. The summed E-state index contributed by atoms with van der Waals surface area (Å²) in [4.78, 5) is 12.2. The molecule has 0 aromatic heterocycles. The highest BCUT2D eigenvalue weighted by atomic mass is 35.5. The van der Waals surface area contributed by atoms with Gasteiger partial charge in [-0.2, -0.15) is 0 Å². The molecule has 1 saturated heterocycles. The summed E-state index contributed by atoms with van der Waals surface area (Å²) in [5, 5.41) is 3.20. The van der Waals surface area contributed by atoms with E-state index in [4.69, 9.17) is 27.9 Å². The van der Waals surface area contributed by atoms with Crippen LogP contribution in [0.15, 0.2) is 12.1 Å². The summed E-state index contributed by atoms with van der Waals surface area (Å²) in [6.45, 7) is 2.43. The summed E-state index contributed by atoms with van der Waals surface area (Å²) in [6, 6.07) is 2.57. The third-order valence-electron chi connectivity index (χ3n) is 3.28. The maximum atomic E-state index is 12.2. The van der Waals surface area contributed by atoms with Gasteiger partial charge >= 0.3 is 0 Å². The molecule has 0 aliphatic carbocycles. The van der Waals surface area contributed by atoms with Crippen molar-refractivity contribution in [2.45, 2.75) is 25.8 Å². The standard InChI is InChI=1S/C14H17Cl2NO4S/c1-2-4-21-13-11(15)6-9(7-12(13)16)14(18)17-10-3-5-22(19,20)8-10/h6-7,10H,2-5,8H2,1H3,(H,17,18)/t10-/m1/s1. The summed E-state index contributed by atoms with van der Waals surface area (Å²) in [6.07, 6.45) is 1.23. The molecular formula is C14H17Cl2NO4S. The van der Waals surface area contributed by atoms with Gasteiger partial charge in [0.15, 0.2) is 15.6 Å². The van der Waals surface area contributed by atoms with E-state index in [0.717, 1.165) is 6.42 Å². The number of carbonyl (C=O) groups excluding carboxylic acids is 1. The van der Waals surface area contributed by atoms with Gasteiger partial charge in [0.25, 0.3) is 5.91 Å². The van der Waals surface area contributed by atoms with E-state index < -0.39 is 15.7 Å². The third-order valence-corrected chi connectivity index (χ3v) is 5.61. The van der Waals surface area contributed by atoms with Gasteiger partial charge < -0.3 is 10.1 Å². The van der Waals surface area contributed by atoms with Gasteiger partial charge in [-0.15, -0.1) is 0 Å². The number of benzene rings is 1. The monoisotopic (exact) mass is 365 g/mol. The normalized spacial score (nSPS) is 19.9.